The second-order valence-electron chi connectivity index (χ2n) is 2.28. The van der Waals surface area contributed by atoms with Crippen LogP contribution in [0.5, 0.6) is 0 Å². The number of halogens is 4. The summed E-state index contributed by atoms with van der Waals surface area (Å²) in [6.07, 6.45) is -2.07. The van der Waals surface area contributed by atoms with Gasteiger partial charge in [-0.2, -0.15) is 13.2 Å². The van der Waals surface area contributed by atoms with Crippen molar-refractivity contribution >= 4 is 15.9 Å². The minimum Gasteiger partial charge on any atom is -0.314 e. The van der Waals surface area contributed by atoms with Crippen LogP contribution in [0.15, 0.2) is 16.9 Å². The van der Waals surface area contributed by atoms with Gasteiger partial charge in [0, 0.05) is 12.4 Å². The lowest BCUT2D eigenvalue weighted by Crippen LogP contribution is -2.30. The van der Waals surface area contributed by atoms with Crippen LogP contribution >= 0.6 is 15.9 Å². The van der Waals surface area contributed by atoms with E-state index in [4.69, 9.17) is 5.73 Å². The van der Waals surface area contributed by atoms with E-state index < -0.39 is 18.0 Å². The molecule has 0 saturated heterocycles. The highest BCUT2D eigenvalue weighted by atomic mass is 79.9. The zero-order chi connectivity index (χ0) is 10.1. The standard InChI is InChI=1S/C6H5BrF3N3/c7-3-1-12-5(13-2-3)4(11)6(8,9)10/h1-2,4H,11H2. The molecule has 0 aliphatic rings. The largest absolute Gasteiger partial charge is 0.410 e. The molecule has 1 heterocycles. The normalized spacial score (nSPS) is 14.2. The summed E-state index contributed by atoms with van der Waals surface area (Å²) in [4.78, 5) is 6.88. The van der Waals surface area contributed by atoms with Gasteiger partial charge < -0.3 is 5.73 Å². The van der Waals surface area contributed by atoms with Crippen LogP contribution in [0.3, 0.4) is 0 Å². The molecule has 1 rings (SSSR count). The number of nitrogens with two attached hydrogens (primary N) is 1. The fourth-order valence-corrected chi connectivity index (χ4v) is 0.834. The van der Waals surface area contributed by atoms with Crippen molar-refractivity contribution < 1.29 is 13.2 Å². The van der Waals surface area contributed by atoms with Gasteiger partial charge in [0.05, 0.1) is 4.47 Å². The smallest absolute Gasteiger partial charge is 0.314 e. The van der Waals surface area contributed by atoms with Gasteiger partial charge in [0.1, 0.15) is 0 Å². The van der Waals surface area contributed by atoms with Gasteiger partial charge in [-0.05, 0) is 15.9 Å². The average molecular weight is 256 g/mol. The van der Waals surface area contributed by atoms with E-state index >= 15 is 0 Å². The maximum Gasteiger partial charge on any atom is 0.410 e. The van der Waals surface area contributed by atoms with Gasteiger partial charge in [0.15, 0.2) is 11.9 Å². The Morgan fingerprint density at radius 3 is 2.15 bits per heavy atom. The number of alkyl halides is 3. The fraction of sp³-hybridized carbons (Fsp3) is 0.333. The van der Waals surface area contributed by atoms with Gasteiger partial charge in [-0.1, -0.05) is 0 Å². The summed E-state index contributed by atoms with van der Waals surface area (Å²) in [7, 11) is 0. The van der Waals surface area contributed by atoms with Crippen molar-refractivity contribution in [2.45, 2.75) is 12.2 Å². The maximum atomic E-state index is 12.0. The van der Waals surface area contributed by atoms with Crippen molar-refractivity contribution in [1.29, 1.82) is 0 Å². The molecule has 0 bridgehead atoms. The molecule has 1 aromatic heterocycles. The molecule has 1 unspecified atom stereocenters. The Kier molecular flexibility index (Phi) is 2.87. The predicted octanol–water partition coefficient (Wildman–Crippen LogP) is 1.80. The van der Waals surface area contributed by atoms with Crippen LogP contribution in [0.1, 0.15) is 11.9 Å². The molecule has 0 amide bonds. The second-order valence-corrected chi connectivity index (χ2v) is 3.19. The predicted molar refractivity (Wildman–Crippen MR) is 42.7 cm³/mol. The Balaban J connectivity index is 2.90. The van der Waals surface area contributed by atoms with E-state index in [0.717, 1.165) is 0 Å². The van der Waals surface area contributed by atoms with E-state index in [1.165, 1.54) is 12.4 Å². The van der Waals surface area contributed by atoms with Crippen LogP contribution in [0.2, 0.25) is 0 Å². The maximum absolute atomic E-state index is 12.0. The summed E-state index contributed by atoms with van der Waals surface area (Å²) < 4.78 is 36.6. The minimum atomic E-state index is -4.51. The van der Waals surface area contributed by atoms with E-state index in [9.17, 15) is 13.2 Å². The SMILES string of the molecule is NC(c1ncc(Br)cn1)C(F)(F)F. The Bertz CT molecular complexity index is 284. The van der Waals surface area contributed by atoms with E-state index in [2.05, 4.69) is 25.9 Å². The first-order chi connectivity index (χ1) is 5.91. The lowest BCUT2D eigenvalue weighted by molar-refractivity contribution is -0.150. The molecule has 1 atom stereocenters. The molecule has 0 radical (unpaired) electrons. The van der Waals surface area contributed by atoms with Crippen LogP contribution in [-0.4, -0.2) is 16.1 Å². The average Bonchev–Trinajstić information content (AvgIpc) is 2.03. The molecule has 72 valence electrons. The highest BCUT2D eigenvalue weighted by Crippen LogP contribution is 2.28. The lowest BCUT2D eigenvalue weighted by Gasteiger charge is -2.13. The molecule has 0 spiro atoms. The van der Waals surface area contributed by atoms with E-state index in [0.29, 0.717) is 4.47 Å². The highest BCUT2D eigenvalue weighted by molar-refractivity contribution is 9.10. The van der Waals surface area contributed by atoms with Crippen LogP contribution in [0.25, 0.3) is 0 Å². The molecular formula is C6H5BrF3N3. The summed E-state index contributed by atoms with van der Waals surface area (Å²) >= 11 is 3.00. The minimum absolute atomic E-state index is 0.435. The van der Waals surface area contributed by atoms with E-state index in [-0.39, 0.29) is 0 Å². The zero-order valence-corrected chi connectivity index (χ0v) is 7.80. The summed E-state index contributed by atoms with van der Waals surface area (Å²) in [5, 5.41) is 0. The number of hydrogen-bond acceptors (Lipinski definition) is 3. The number of rotatable bonds is 1. The van der Waals surface area contributed by atoms with Crippen molar-refractivity contribution in [3.8, 4) is 0 Å². The van der Waals surface area contributed by atoms with Gasteiger partial charge in [-0.3, -0.25) is 0 Å². The van der Waals surface area contributed by atoms with Crippen LogP contribution in [-0.2, 0) is 0 Å². The van der Waals surface area contributed by atoms with Crippen molar-refractivity contribution in [2.24, 2.45) is 5.73 Å². The first-order valence-electron chi connectivity index (χ1n) is 3.21. The van der Waals surface area contributed by atoms with Gasteiger partial charge >= 0.3 is 6.18 Å². The molecule has 0 fully saturated rings. The van der Waals surface area contributed by atoms with Gasteiger partial charge in [0.2, 0.25) is 0 Å². The summed E-state index contributed by atoms with van der Waals surface area (Å²) in [5.41, 5.74) is 4.86. The monoisotopic (exact) mass is 255 g/mol. The van der Waals surface area contributed by atoms with Gasteiger partial charge in [-0.15, -0.1) is 0 Å². The number of nitrogens with zero attached hydrogens (tertiary/aromatic N) is 2. The van der Waals surface area contributed by atoms with Crippen LogP contribution < -0.4 is 5.73 Å². The first kappa shape index (κ1) is 10.4. The van der Waals surface area contributed by atoms with Crippen molar-refractivity contribution in [2.75, 3.05) is 0 Å². The highest BCUT2D eigenvalue weighted by Gasteiger charge is 2.39. The van der Waals surface area contributed by atoms with E-state index in [1.54, 1.807) is 0 Å². The zero-order valence-electron chi connectivity index (χ0n) is 6.22. The topological polar surface area (TPSA) is 51.8 Å². The molecule has 7 heteroatoms. The summed E-state index contributed by atoms with van der Waals surface area (Å²) in [6.45, 7) is 0. The van der Waals surface area contributed by atoms with Crippen LogP contribution in [0, 0.1) is 0 Å². The molecule has 2 N–H and O–H groups in total. The lowest BCUT2D eigenvalue weighted by atomic mass is 10.3. The van der Waals surface area contributed by atoms with Crippen molar-refractivity contribution in [3.05, 3.63) is 22.7 Å². The fourth-order valence-electron chi connectivity index (χ4n) is 0.629. The van der Waals surface area contributed by atoms with E-state index in [1.807, 2.05) is 0 Å². The third-order valence-corrected chi connectivity index (χ3v) is 1.68. The Morgan fingerprint density at radius 2 is 1.77 bits per heavy atom. The summed E-state index contributed by atoms with van der Waals surface area (Å²) in [5.74, 6) is -0.435. The summed E-state index contributed by atoms with van der Waals surface area (Å²) in [6, 6.07) is -2.12. The quantitative estimate of drug-likeness (QED) is 0.833. The third-order valence-electron chi connectivity index (χ3n) is 1.27. The number of hydrogen-bond donors (Lipinski definition) is 1. The molecule has 1 aromatic rings. The molecule has 13 heavy (non-hydrogen) atoms. The first-order valence-corrected chi connectivity index (χ1v) is 4.00. The molecule has 0 aromatic carbocycles. The van der Waals surface area contributed by atoms with Gasteiger partial charge in [0.25, 0.3) is 0 Å². The Hall–Kier alpha value is -0.690. The second kappa shape index (κ2) is 3.59. The van der Waals surface area contributed by atoms with Crippen LogP contribution in [0.4, 0.5) is 13.2 Å². The van der Waals surface area contributed by atoms with Gasteiger partial charge in [-0.25, -0.2) is 9.97 Å². The molecular weight excluding hydrogens is 251 g/mol. The molecule has 3 nitrogen and oxygen atoms in total. The van der Waals surface area contributed by atoms with Crippen molar-refractivity contribution in [3.63, 3.8) is 0 Å². The number of aromatic nitrogens is 2. The third kappa shape index (κ3) is 2.63. The van der Waals surface area contributed by atoms with Crippen molar-refractivity contribution in [1.82, 2.24) is 9.97 Å². The molecule has 0 aliphatic carbocycles. The Morgan fingerprint density at radius 1 is 1.31 bits per heavy atom. The molecule has 0 saturated carbocycles. The Labute approximate surface area is 80.3 Å². The molecule has 0 aliphatic heterocycles.